The van der Waals surface area contributed by atoms with Crippen LogP contribution in [0, 0.1) is 15.5 Å². The van der Waals surface area contributed by atoms with Crippen LogP contribution in [0.15, 0.2) is 16.7 Å². The molecule has 0 radical (unpaired) electrons. The lowest BCUT2D eigenvalue weighted by Crippen LogP contribution is -2.35. The Labute approximate surface area is 125 Å². The first-order valence-electron chi connectivity index (χ1n) is 6.71. The molecule has 0 atom stereocenters. The first-order chi connectivity index (χ1) is 9.56. The summed E-state index contributed by atoms with van der Waals surface area (Å²) in [5.41, 5.74) is -0.232. The zero-order chi connectivity index (χ0) is 14.6. The molecule has 1 aliphatic rings. The molecule has 1 aliphatic carbocycles. The Morgan fingerprint density at radius 1 is 1.45 bits per heavy atom. The minimum Gasteiger partial charge on any atom is -0.396 e. The Bertz CT molecular complexity index is 490. The minimum atomic E-state index is -0.452. The smallest absolute Gasteiger partial charge is 0.312 e. The molecule has 2 N–H and O–H groups in total. The zero-order valence-corrected chi connectivity index (χ0v) is 12.7. The lowest BCUT2D eigenvalue weighted by molar-refractivity contribution is -0.384. The van der Waals surface area contributed by atoms with E-state index < -0.39 is 4.92 Å². The van der Waals surface area contributed by atoms with Crippen LogP contribution in [0.2, 0.25) is 0 Å². The van der Waals surface area contributed by atoms with Crippen LogP contribution in [-0.4, -0.2) is 28.2 Å². The monoisotopic (exact) mass is 343 g/mol. The highest BCUT2D eigenvalue weighted by Crippen LogP contribution is 2.36. The second-order valence-electron chi connectivity index (χ2n) is 5.35. The second kappa shape index (κ2) is 6.49. The van der Waals surface area contributed by atoms with E-state index in [1.54, 1.807) is 0 Å². The molecule has 2 rings (SSSR count). The van der Waals surface area contributed by atoms with Gasteiger partial charge in [0.1, 0.15) is 0 Å². The third kappa shape index (κ3) is 3.46. The largest absolute Gasteiger partial charge is 0.396 e. The van der Waals surface area contributed by atoms with Crippen LogP contribution < -0.4 is 5.32 Å². The van der Waals surface area contributed by atoms with E-state index in [0.717, 1.165) is 25.7 Å². The maximum Gasteiger partial charge on any atom is 0.312 e. The van der Waals surface area contributed by atoms with Gasteiger partial charge in [0.15, 0.2) is 0 Å². The zero-order valence-electron chi connectivity index (χ0n) is 11.1. The van der Waals surface area contributed by atoms with Gasteiger partial charge in [0.25, 0.3) is 0 Å². The van der Waals surface area contributed by atoms with Gasteiger partial charge in [-0.05, 0) is 28.8 Å². The molecule has 7 heteroatoms. The first kappa shape index (κ1) is 15.2. The summed E-state index contributed by atoms with van der Waals surface area (Å²) in [6.45, 7) is 0.614. The van der Waals surface area contributed by atoms with Gasteiger partial charge in [-0.1, -0.05) is 19.3 Å². The van der Waals surface area contributed by atoms with Crippen molar-refractivity contribution in [3.63, 3.8) is 0 Å². The molecule has 1 saturated carbocycles. The number of anilines is 1. The Hall–Kier alpha value is -1.21. The summed E-state index contributed by atoms with van der Waals surface area (Å²) in [4.78, 5) is 14.6. The number of pyridine rings is 1. The van der Waals surface area contributed by atoms with Crippen LogP contribution >= 0.6 is 15.9 Å². The van der Waals surface area contributed by atoms with Gasteiger partial charge in [-0.2, -0.15) is 0 Å². The van der Waals surface area contributed by atoms with Crippen molar-refractivity contribution in [3.05, 3.63) is 26.9 Å². The SMILES string of the molecule is O=[N+]([O-])c1cc(Br)cnc1NCC1(CO)CCCCC1. The molecule has 6 nitrogen and oxygen atoms in total. The molecule has 0 aromatic carbocycles. The standard InChI is InChI=1S/C13H18BrN3O3/c14-10-6-11(17(19)20)12(15-7-10)16-8-13(9-18)4-2-1-3-5-13/h6-7,18H,1-5,8-9H2,(H,15,16). The fourth-order valence-corrected chi connectivity index (χ4v) is 2.99. The second-order valence-corrected chi connectivity index (χ2v) is 6.27. The Balaban J connectivity index is 2.11. The predicted molar refractivity (Wildman–Crippen MR) is 79.7 cm³/mol. The number of hydrogen-bond donors (Lipinski definition) is 2. The van der Waals surface area contributed by atoms with E-state index in [-0.39, 0.29) is 23.5 Å². The molecule has 110 valence electrons. The third-order valence-corrected chi connectivity index (χ3v) is 4.35. The van der Waals surface area contributed by atoms with Crippen LogP contribution in [0.5, 0.6) is 0 Å². The molecular weight excluding hydrogens is 326 g/mol. The van der Waals surface area contributed by atoms with Crippen LogP contribution in [-0.2, 0) is 0 Å². The number of aliphatic hydroxyl groups excluding tert-OH is 1. The van der Waals surface area contributed by atoms with Crippen molar-refractivity contribution in [1.82, 2.24) is 4.98 Å². The molecular formula is C13H18BrN3O3. The van der Waals surface area contributed by atoms with Gasteiger partial charge in [-0.3, -0.25) is 10.1 Å². The van der Waals surface area contributed by atoms with E-state index in [0.29, 0.717) is 11.0 Å². The molecule has 0 bridgehead atoms. The summed E-state index contributed by atoms with van der Waals surface area (Å²) in [6.07, 6.45) is 6.80. The summed E-state index contributed by atoms with van der Waals surface area (Å²) in [7, 11) is 0. The minimum absolute atomic E-state index is 0.0525. The molecule has 0 unspecified atom stereocenters. The summed E-state index contributed by atoms with van der Waals surface area (Å²) in [5.74, 6) is 0.261. The number of rotatable bonds is 5. The van der Waals surface area contributed by atoms with Crippen molar-refractivity contribution in [2.24, 2.45) is 5.41 Å². The number of aliphatic hydroxyl groups is 1. The molecule has 0 aliphatic heterocycles. The van der Waals surface area contributed by atoms with Gasteiger partial charge >= 0.3 is 5.69 Å². The lowest BCUT2D eigenvalue weighted by atomic mass is 9.74. The molecule has 1 fully saturated rings. The van der Waals surface area contributed by atoms with Crippen molar-refractivity contribution < 1.29 is 10.0 Å². The van der Waals surface area contributed by atoms with Crippen LogP contribution in [0.3, 0.4) is 0 Å². The quantitative estimate of drug-likeness (QED) is 0.633. The van der Waals surface area contributed by atoms with E-state index in [2.05, 4.69) is 26.2 Å². The van der Waals surface area contributed by atoms with E-state index in [4.69, 9.17) is 0 Å². The van der Waals surface area contributed by atoms with E-state index in [1.165, 1.54) is 18.7 Å². The van der Waals surface area contributed by atoms with Crippen molar-refractivity contribution in [1.29, 1.82) is 0 Å². The fourth-order valence-electron chi connectivity index (χ4n) is 2.67. The summed E-state index contributed by atoms with van der Waals surface area (Å²) < 4.78 is 0.573. The van der Waals surface area contributed by atoms with E-state index in [1.807, 2.05) is 0 Å². The van der Waals surface area contributed by atoms with Gasteiger partial charge in [0.05, 0.1) is 11.5 Å². The number of halogens is 1. The van der Waals surface area contributed by atoms with Gasteiger partial charge in [-0.25, -0.2) is 4.98 Å². The number of aromatic nitrogens is 1. The molecule has 0 spiro atoms. The highest BCUT2D eigenvalue weighted by molar-refractivity contribution is 9.10. The van der Waals surface area contributed by atoms with Gasteiger partial charge < -0.3 is 10.4 Å². The summed E-state index contributed by atoms with van der Waals surface area (Å²) in [6, 6.07) is 1.43. The number of nitro groups is 1. The lowest BCUT2D eigenvalue weighted by Gasteiger charge is -2.35. The van der Waals surface area contributed by atoms with Crippen molar-refractivity contribution in [3.8, 4) is 0 Å². The first-order valence-corrected chi connectivity index (χ1v) is 7.50. The maximum atomic E-state index is 11.0. The van der Waals surface area contributed by atoms with Gasteiger partial charge in [-0.15, -0.1) is 0 Å². The Kier molecular flexibility index (Phi) is 4.93. The van der Waals surface area contributed by atoms with Gasteiger partial charge in [0.2, 0.25) is 5.82 Å². The Morgan fingerprint density at radius 3 is 2.75 bits per heavy atom. The summed E-state index contributed by atoms with van der Waals surface area (Å²) >= 11 is 3.18. The summed E-state index contributed by atoms with van der Waals surface area (Å²) in [5, 5.41) is 23.7. The Morgan fingerprint density at radius 2 is 2.15 bits per heavy atom. The van der Waals surface area contributed by atoms with Crippen molar-refractivity contribution >= 4 is 27.4 Å². The fraction of sp³-hybridized carbons (Fsp3) is 0.615. The molecule has 0 saturated heterocycles. The van der Waals surface area contributed by atoms with Crippen molar-refractivity contribution in [2.45, 2.75) is 32.1 Å². The third-order valence-electron chi connectivity index (χ3n) is 3.91. The highest BCUT2D eigenvalue weighted by atomic mass is 79.9. The number of hydrogen-bond acceptors (Lipinski definition) is 5. The topological polar surface area (TPSA) is 88.3 Å². The van der Waals surface area contributed by atoms with E-state index in [9.17, 15) is 15.2 Å². The molecule has 1 aromatic heterocycles. The molecule has 1 aromatic rings. The number of nitrogens with one attached hydrogen (secondary N) is 1. The average Bonchev–Trinajstić information content (AvgIpc) is 2.47. The van der Waals surface area contributed by atoms with Crippen LogP contribution in [0.4, 0.5) is 11.5 Å². The van der Waals surface area contributed by atoms with Crippen molar-refractivity contribution in [2.75, 3.05) is 18.5 Å². The normalized spacial score (nSPS) is 17.7. The number of nitrogens with zero attached hydrogens (tertiary/aromatic N) is 2. The predicted octanol–water partition coefficient (Wildman–Crippen LogP) is 3.11. The maximum absolute atomic E-state index is 11.0. The molecule has 20 heavy (non-hydrogen) atoms. The van der Waals surface area contributed by atoms with Crippen LogP contribution in [0.25, 0.3) is 0 Å². The van der Waals surface area contributed by atoms with E-state index >= 15 is 0 Å². The van der Waals surface area contributed by atoms with Crippen LogP contribution in [0.1, 0.15) is 32.1 Å². The average molecular weight is 344 g/mol. The van der Waals surface area contributed by atoms with Gasteiger partial charge in [0, 0.05) is 28.7 Å². The molecule has 1 heterocycles. The molecule has 0 amide bonds. The highest BCUT2D eigenvalue weighted by Gasteiger charge is 2.32.